The van der Waals surface area contributed by atoms with Crippen LogP contribution in [0, 0.1) is 25.7 Å². The third-order valence-corrected chi connectivity index (χ3v) is 5.40. The molecule has 2 aromatic heterocycles. The van der Waals surface area contributed by atoms with Crippen LogP contribution in [0.25, 0.3) is 4.96 Å². The van der Waals surface area contributed by atoms with Gasteiger partial charge in [-0.25, -0.2) is 4.98 Å². The third-order valence-electron chi connectivity index (χ3n) is 4.51. The first-order chi connectivity index (χ1) is 9.22. The lowest BCUT2D eigenvalue weighted by molar-refractivity contribution is 0.412. The van der Waals surface area contributed by atoms with Gasteiger partial charge in [-0.15, -0.1) is 11.3 Å². The molecule has 0 aliphatic heterocycles. The standard InChI is InChI=1S/C15H21N3S/c1-9-8-18-13(10(2)17-15(18)19-9)7-16-14(11-3-4-11)12-5-6-12/h8,11-12,14,16H,3-7H2,1-2H3. The lowest BCUT2D eigenvalue weighted by Crippen LogP contribution is -2.33. The van der Waals surface area contributed by atoms with Crippen LogP contribution < -0.4 is 5.32 Å². The number of aryl methyl sites for hydroxylation is 2. The summed E-state index contributed by atoms with van der Waals surface area (Å²) in [6, 6.07) is 0.768. The lowest BCUT2D eigenvalue weighted by Gasteiger charge is -2.17. The van der Waals surface area contributed by atoms with E-state index < -0.39 is 0 Å². The molecule has 4 heteroatoms. The second kappa shape index (κ2) is 4.32. The summed E-state index contributed by atoms with van der Waals surface area (Å²) in [6.45, 7) is 5.26. The molecular weight excluding hydrogens is 254 g/mol. The zero-order chi connectivity index (χ0) is 13.0. The van der Waals surface area contributed by atoms with Crippen LogP contribution in [-0.4, -0.2) is 15.4 Å². The van der Waals surface area contributed by atoms with Gasteiger partial charge in [-0.2, -0.15) is 0 Å². The average molecular weight is 275 g/mol. The van der Waals surface area contributed by atoms with E-state index in [-0.39, 0.29) is 0 Å². The quantitative estimate of drug-likeness (QED) is 0.907. The Labute approximate surface area is 118 Å². The molecule has 1 N–H and O–H groups in total. The number of nitrogens with zero attached hydrogens (tertiary/aromatic N) is 2. The summed E-state index contributed by atoms with van der Waals surface area (Å²) in [5.74, 6) is 1.92. The van der Waals surface area contributed by atoms with Crippen molar-refractivity contribution in [2.45, 2.75) is 52.1 Å². The van der Waals surface area contributed by atoms with E-state index in [9.17, 15) is 0 Å². The van der Waals surface area contributed by atoms with Crippen molar-refractivity contribution in [1.29, 1.82) is 0 Å². The van der Waals surface area contributed by atoms with Crippen LogP contribution in [0.2, 0.25) is 0 Å². The van der Waals surface area contributed by atoms with Crippen LogP contribution >= 0.6 is 11.3 Å². The molecule has 0 amide bonds. The predicted octanol–water partition coefficient (Wildman–Crippen LogP) is 3.29. The second-order valence-electron chi connectivity index (χ2n) is 6.22. The molecule has 0 saturated heterocycles. The van der Waals surface area contributed by atoms with Gasteiger partial charge in [0.05, 0.1) is 11.4 Å². The normalized spacial score (nSPS) is 19.7. The Hall–Kier alpha value is -0.870. The average Bonchev–Trinajstić information content (AvgIpc) is 3.25. The molecule has 0 bridgehead atoms. The first kappa shape index (κ1) is 11.9. The minimum absolute atomic E-state index is 0.768. The third kappa shape index (κ3) is 2.21. The summed E-state index contributed by atoms with van der Waals surface area (Å²) in [4.78, 5) is 7.15. The number of thiazole rings is 1. The summed E-state index contributed by atoms with van der Waals surface area (Å²) in [5.41, 5.74) is 2.54. The SMILES string of the molecule is Cc1cn2c(CNC(C3CC3)C3CC3)c(C)nc2s1. The molecule has 0 aromatic carbocycles. The van der Waals surface area contributed by atoms with E-state index in [4.69, 9.17) is 0 Å². The van der Waals surface area contributed by atoms with E-state index in [0.29, 0.717) is 0 Å². The van der Waals surface area contributed by atoms with E-state index in [1.807, 2.05) is 0 Å². The maximum absolute atomic E-state index is 4.67. The van der Waals surface area contributed by atoms with Gasteiger partial charge in [-0.3, -0.25) is 4.40 Å². The first-order valence-electron chi connectivity index (χ1n) is 7.39. The second-order valence-corrected chi connectivity index (χ2v) is 7.43. The molecular formula is C15H21N3S. The van der Waals surface area contributed by atoms with Gasteiger partial charge >= 0.3 is 0 Å². The molecule has 2 aliphatic rings. The Kier molecular flexibility index (Phi) is 2.71. The van der Waals surface area contributed by atoms with Gasteiger partial charge in [0.1, 0.15) is 0 Å². The van der Waals surface area contributed by atoms with Crippen LogP contribution in [0.4, 0.5) is 0 Å². The van der Waals surface area contributed by atoms with Crippen LogP contribution in [0.1, 0.15) is 41.9 Å². The highest BCUT2D eigenvalue weighted by Crippen LogP contribution is 2.44. The Bertz CT molecular complexity index is 592. The number of nitrogens with one attached hydrogen (secondary N) is 1. The van der Waals surface area contributed by atoms with E-state index in [2.05, 4.69) is 34.7 Å². The van der Waals surface area contributed by atoms with Crippen molar-refractivity contribution in [2.24, 2.45) is 11.8 Å². The summed E-state index contributed by atoms with van der Waals surface area (Å²) in [6.07, 6.45) is 7.97. The molecule has 0 radical (unpaired) electrons. The summed E-state index contributed by atoms with van der Waals surface area (Å²) in [5, 5.41) is 3.83. The van der Waals surface area contributed by atoms with Crippen LogP contribution in [-0.2, 0) is 6.54 Å². The number of aromatic nitrogens is 2. The van der Waals surface area contributed by atoms with E-state index >= 15 is 0 Å². The van der Waals surface area contributed by atoms with Crippen molar-refractivity contribution in [3.8, 4) is 0 Å². The van der Waals surface area contributed by atoms with E-state index in [1.54, 1.807) is 11.3 Å². The van der Waals surface area contributed by atoms with Gasteiger partial charge in [0.2, 0.25) is 0 Å². The number of imidazole rings is 1. The highest BCUT2D eigenvalue weighted by Gasteiger charge is 2.41. The largest absolute Gasteiger partial charge is 0.308 e. The summed E-state index contributed by atoms with van der Waals surface area (Å²) < 4.78 is 2.28. The molecule has 0 atom stereocenters. The topological polar surface area (TPSA) is 29.3 Å². The molecule has 2 saturated carbocycles. The smallest absolute Gasteiger partial charge is 0.194 e. The minimum atomic E-state index is 0.768. The number of fused-ring (bicyclic) bond motifs is 1. The van der Waals surface area contributed by atoms with Crippen molar-refractivity contribution in [3.05, 3.63) is 22.5 Å². The van der Waals surface area contributed by atoms with Crippen molar-refractivity contribution in [1.82, 2.24) is 14.7 Å². The zero-order valence-electron chi connectivity index (χ0n) is 11.6. The van der Waals surface area contributed by atoms with Crippen LogP contribution in [0.5, 0.6) is 0 Å². The van der Waals surface area contributed by atoms with E-state index in [1.165, 1.54) is 41.9 Å². The molecule has 102 valence electrons. The van der Waals surface area contributed by atoms with Crippen LogP contribution in [0.15, 0.2) is 6.20 Å². The maximum Gasteiger partial charge on any atom is 0.194 e. The molecule has 19 heavy (non-hydrogen) atoms. The number of hydrogen-bond acceptors (Lipinski definition) is 3. The fourth-order valence-electron chi connectivity index (χ4n) is 3.17. The Morgan fingerprint density at radius 2 is 2.00 bits per heavy atom. The highest BCUT2D eigenvalue weighted by atomic mass is 32.1. The fourth-order valence-corrected chi connectivity index (χ4v) is 4.06. The highest BCUT2D eigenvalue weighted by molar-refractivity contribution is 7.17. The van der Waals surface area contributed by atoms with Gasteiger partial charge < -0.3 is 5.32 Å². The lowest BCUT2D eigenvalue weighted by atomic mass is 10.1. The predicted molar refractivity (Wildman–Crippen MR) is 78.6 cm³/mol. The fraction of sp³-hybridized carbons (Fsp3) is 0.667. The van der Waals surface area contributed by atoms with Gasteiger partial charge in [0, 0.05) is 23.7 Å². The van der Waals surface area contributed by atoms with Crippen molar-refractivity contribution >= 4 is 16.3 Å². The van der Waals surface area contributed by atoms with Crippen molar-refractivity contribution in [2.75, 3.05) is 0 Å². The number of hydrogen-bond donors (Lipinski definition) is 1. The molecule has 2 aromatic rings. The van der Waals surface area contributed by atoms with Crippen molar-refractivity contribution < 1.29 is 0 Å². The zero-order valence-corrected chi connectivity index (χ0v) is 12.5. The Morgan fingerprint density at radius 3 is 2.63 bits per heavy atom. The molecule has 2 heterocycles. The summed E-state index contributed by atoms with van der Waals surface area (Å²) >= 11 is 1.78. The Balaban J connectivity index is 1.54. The van der Waals surface area contributed by atoms with Crippen molar-refractivity contribution in [3.63, 3.8) is 0 Å². The molecule has 3 nitrogen and oxygen atoms in total. The van der Waals surface area contributed by atoms with E-state index in [0.717, 1.165) is 29.4 Å². The molecule has 4 rings (SSSR count). The first-order valence-corrected chi connectivity index (χ1v) is 8.21. The minimum Gasteiger partial charge on any atom is -0.308 e. The van der Waals surface area contributed by atoms with Gasteiger partial charge in [-0.1, -0.05) is 0 Å². The van der Waals surface area contributed by atoms with Gasteiger partial charge in [0.25, 0.3) is 0 Å². The number of rotatable bonds is 5. The van der Waals surface area contributed by atoms with Gasteiger partial charge in [0.15, 0.2) is 4.96 Å². The Morgan fingerprint density at radius 1 is 1.32 bits per heavy atom. The summed E-state index contributed by atoms with van der Waals surface area (Å²) in [7, 11) is 0. The molecule has 0 unspecified atom stereocenters. The monoisotopic (exact) mass is 275 g/mol. The maximum atomic E-state index is 4.67. The molecule has 2 fully saturated rings. The molecule has 2 aliphatic carbocycles. The van der Waals surface area contributed by atoms with Crippen LogP contribution in [0.3, 0.4) is 0 Å². The van der Waals surface area contributed by atoms with Gasteiger partial charge in [-0.05, 0) is 51.4 Å². The molecule has 0 spiro atoms.